The average Bonchev–Trinajstić information content (AvgIpc) is 3.40. The minimum Gasteiger partial charge on any atom is -0.351 e. The Hall–Kier alpha value is -1.94. The van der Waals surface area contributed by atoms with E-state index in [1.807, 2.05) is 18.5 Å². The van der Waals surface area contributed by atoms with E-state index in [1.165, 1.54) is 29.7 Å². The van der Waals surface area contributed by atoms with E-state index in [2.05, 4.69) is 68.3 Å². The van der Waals surface area contributed by atoms with Gasteiger partial charge in [0, 0.05) is 25.0 Å². The largest absolute Gasteiger partial charge is 0.351 e. The van der Waals surface area contributed by atoms with Crippen molar-refractivity contribution >= 4 is 41.3 Å². The number of benzene rings is 1. The number of piperidine rings is 1. The molecule has 1 aromatic carbocycles. The van der Waals surface area contributed by atoms with Gasteiger partial charge in [-0.1, -0.05) is 36.4 Å². The SMILES string of the molecule is Cc1nnc(CN=C(NCc2cccs2)N2CCC(Cc3ccccc3)CC2)n1C.I. The first-order chi connectivity index (χ1) is 14.7. The lowest BCUT2D eigenvalue weighted by molar-refractivity contribution is 0.258. The van der Waals surface area contributed by atoms with Crippen LogP contribution in [0, 0.1) is 12.8 Å². The van der Waals surface area contributed by atoms with Gasteiger partial charge in [-0.05, 0) is 49.1 Å². The van der Waals surface area contributed by atoms with Gasteiger partial charge in [-0.2, -0.15) is 0 Å². The summed E-state index contributed by atoms with van der Waals surface area (Å²) >= 11 is 1.77. The summed E-state index contributed by atoms with van der Waals surface area (Å²) < 4.78 is 2.01. The fraction of sp³-hybridized carbons (Fsp3) is 0.435. The van der Waals surface area contributed by atoms with Crippen molar-refractivity contribution in [2.45, 2.75) is 39.3 Å². The summed E-state index contributed by atoms with van der Waals surface area (Å²) in [5.41, 5.74) is 1.44. The summed E-state index contributed by atoms with van der Waals surface area (Å²) in [5.74, 6) is 3.52. The van der Waals surface area contributed by atoms with Crippen molar-refractivity contribution in [3.8, 4) is 0 Å². The van der Waals surface area contributed by atoms with E-state index in [0.717, 1.165) is 43.2 Å². The summed E-state index contributed by atoms with van der Waals surface area (Å²) in [4.78, 5) is 8.63. The van der Waals surface area contributed by atoms with Crippen LogP contribution in [-0.2, 0) is 26.6 Å². The number of halogens is 1. The van der Waals surface area contributed by atoms with Crippen LogP contribution < -0.4 is 5.32 Å². The molecule has 3 heterocycles. The molecule has 166 valence electrons. The van der Waals surface area contributed by atoms with Crippen LogP contribution in [0.5, 0.6) is 0 Å². The molecule has 1 aliphatic rings. The molecule has 8 heteroatoms. The van der Waals surface area contributed by atoms with Gasteiger partial charge in [-0.25, -0.2) is 4.99 Å². The van der Waals surface area contributed by atoms with Crippen LogP contribution in [0.1, 0.15) is 34.9 Å². The second-order valence-electron chi connectivity index (χ2n) is 7.92. The highest BCUT2D eigenvalue weighted by Gasteiger charge is 2.22. The maximum atomic E-state index is 4.91. The molecule has 1 saturated heterocycles. The molecule has 1 N–H and O–H groups in total. The molecule has 0 radical (unpaired) electrons. The normalized spacial score (nSPS) is 15.0. The van der Waals surface area contributed by atoms with Crippen molar-refractivity contribution in [3.63, 3.8) is 0 Å². The number of nitrogens with one attached hydrogen (secondary N) is 1. The second kappa shape index (κ2) is 11.6. The van der Waals surface area contributed by atoms with E-state index in [9.17, 15) is 0 Å². The third-order valence-electron chi connectivity index (χ3n) is 5.84. The highest BCUT2D eigenvalue weighted by Crippen LogP contribution is 2.22. The standard InChI is InChI=1S/C23H30N6S.HI/c1-18-26-27-22(28(18)2)17-25-23(24-16-21-9-6-14-30-21)29-12-10-20(11-13-29)15-19-7-4-3-5-8-19;/h3-9,14,20H,10-13,15-17H2,1-2H3,(H,24,25);1H. The van der Waals surface area contributed by atoms with Gasteiger partial charge in [0.1, 0.15) is 12.4 Å². The number of aliphatic imine (C=N–C) groups is 1. The van der Waals surface area contributed by atoms with Crippen LogP contribution in [0.2, 0.25) is 0 Å². The van der Waals surface area contributed by atoms with Gasteiger partial charge in [0.15, 0.2) is 11.8 Å². The van der Waals surface area contributed by atoms with Crippen molar-refractivity contribution in [3.05, 3.63) is 69.9 Å². The van der Waals surface area contributed by atoms with Crippen LogP contribution in [-0.4, -0.2) is 38.7 Å². The van der Waals surface area contributed by atoms with Gasteiger partial charge in [0.05, 0.1) is 6.54 Å². The van der Waals surface area contributed by atoms with Crippen LogP contribution in [0.15, 0.2) is 52.8 Å². The summed E-state index contributed by atoms with van der Waals surface area (Å²) in [6.07, 6.45) is 3.55. The molecular formula is C23H31IN6S. The Balaban J connectivity index is 0.00000272. The lowest BCUT2D eigenvalue weighted by atomic mass is 9.90. The first kappa shape index (κ1) is 23.7. The molecule has 0 aliphatic carbocycles. The molecule has 1 aliphatic heterocycles. The Bertz CT molecular complexity index is 946. The molecule has 0 unspecified atom stereocenters. The van der Waals surface area contributed by atoms with Crippen LogP contribution in [0.25, 0.3) is 0 Å². The Morgan fingerprint density at radius 1 is 1.13 bits per heavy atom. The van der Waals surface area contributed by atoms with Crippen molar-refractivity contribution in [1.29, 1.82) is 0 Å². The monoisotopic (exact) mass is 550 g/mol. The maximum Gasteiger partial charge on any atom is 0.194 e. The molecule has 0 saturated carbocycles. The Morgan fingerprint density at radius 3 is 2.55 bits per heavy atom. The number of thiophene rings is 1. The second-order valence-corrected chi connectivity index (χ2v) is 8.95. The Kier molecular flexibility index (Phi) is 8.89. The van der Waals surface area contributed by atoms with Crippen LogP contribution in [0.3, 0.4) is 0 Å². The minimum absolute atomic E-state index is 0. The van der Waals surface area contributed by atoms with E-state index in [1.54, 1.807) is 11.3 Å². The van der Waals surface area contributed by atoms with Gasteiger partial charge < -0.3 is 14.8 Å². The molecule has 4 rings (SSSR count). The van der Waals surface area contributed by atoms with E-state index in [-0.39, 0.29) is 24.0 Å². The van der Waals surface area contributed by atoms with Gasteiger partial charge in [-0.15, -0.1) is 45.5 Å². The molecule has 0 bridgehead atoms. The lowest BCUT2D eigenvalue weighted by Gasteiger charge is -2.34. The summed E-state index contributed by atoms with van der Waals surface area (Å²) in [6.45, 7) is 5.37. The van der Waals surface area contributed by atoms with Crippen molar-refractivity contribution in [1.82, 2.24) is 25.0 Å². The van der Waals surface area contributed by atoms with Gasteiger partial charge in [0.25, 0.3) is 0 Å². The zero-order chi connectivity index (χ0) is 20.8. The zero-order valence-electron chi connectivity index (χ0n) is 18.2. The summed E-state index contributed by atoms with van der Waals surface area (Å²) in [6, 6.07) is 15.1. The van der Waals surface area contributed by atoms with E-state index in [4.69, 9.17) is 4.99 Å². The molecule has 0 spiro atoms. The minimum atomic E-state index is 0. The number of hydrogen-bond donors (Lipinski definition) is 1. The number of aromatic nitrogens is 3. The van der Waals surface area contributed by atoms with E-state index < -0.39 is 0 Å². The first-order valence-electron chi connectivity index (χ1n) is 10.6. The molecule has 1 fully saturated rings. The predicted molar refractivity (Wildman–Crippen MR) is 138 cm³/mol. The number of likely N-dealkylation sites (tertiary alicyclic amines) is 1. The smallest absolute Gasteiger partial charge is 0.194 e. The third-order valence-corrected chi connectivity index (χ3v) is 6.71. The molecular weight excluding hydrogens is 519 g/mol. The Labute approximate surface area is 205 Å². The molecule has 0 atom stereocenters. The first-order valence-corrected chi connectivity index (χ1v) is 11.5. The predicted octanol–water partition coefficient (Wildman–Crippen LogP) is 4.40. The summed E-state index contributed by atoms with van der Waals surface area (Å²) in [5, 5.41) is 14.1. The lowest BCUT2D eigenvalue weighted by Crippen LogP contribution is -2.45. The van der Waals surface area contributed by atoms with Crippen LogP contribution >= 0.6 is 35.3 Å². The van der Waals surface area contributed by atoms with Gasteiger partial charge in [0.2, 0.25) is 0 Å². The number of aryl methyl sites for hydroxylation is 1. The quantitative estimate of drug-likeness (QED) is 0.281. The molecule has 6 nitrogen and oxygen atoms in total. The van der Waals surface area contributed by atoms with Crippen molar-refractivity contribution in [2.24, 2.45) is 18.0 Å². The molecule has 31 heavy (non-hydrogen) atoms. The summed E-state index contributed by atoms with van der Waals surface area (Å²) in [7, 11) is 1.99. The van der Waals surface area contributed by atoms with Crippen LogP contribution in [0.4, 0.5) is 0 Å². The maximum absolute atomic E-state index is 4.91. The van der Waals surface area contributed by atoms with Crippen molar-refractivity contribution < 1.29 is 0 Å². The van der Waals surface area contributed by atoms with Gasteiger partial charge in [-0.3, -0.25) is 0 Å². The average molecular weight is 551 g/mol. The number of nitrogens with zero attached hydrogens (tertiary/aromatic N) is 5. The topological polar surface area (TPSA) is 58.3 Å². The van der Waals surface area contributed by atoms with Crippen molar-refractivity contribution in [2.75, 3.05) is 13.1 Å². The van der Waals surface area contributed by atoms with E-state index >= 15 is 0 Å². The number of rotatable bonds is 6. The molecule has 0 amide bonds. The number of guanidine groups is 1. The number of hydrogen-bond acceptors (Lipinski definition) is 4. The van der Waals surface area contributed by atoms with E-state index in [0.29, 0.717) is 6.54 Å². The van der Waals surface area contributed by atoms with Gasteiger partial charge >= 0.3 is 0 Å². The Morgan fingerprint density at radius 2 is 1.90 bits per heavy atom. The zero-order valence-corrected chi connectivity index (χ0v) is 21.3. The molecule has 2 aromatic heterocycles. The third kappa shape index (κ3) is 6.52. The fourth-order valence-electron chi connectivity index (χ4n) is 3.88. The fourth-order valence-corrected chi connectivity index (χ4v) is 4.52. The molecule has 3 aromatic rings. The highest BCUT2D eigenvalue weighted by atomic mass is 127. The highest BCUT2D eigenvalue weighted by molar-refractivity contribution is 14.0.